The average Bonchev–Trinajstić information content (AvgIpc) is 2.48. The number of anilines is 1. The van der Waals surface area contributed by atoms with Crippen LogP contribution < -0.4 is 14.8 Å². The highest BCUT2D eigenvalue weighted by Crippen LogP contribution is 2.25. The molecule has 2 aromatic rings. The molecule has 0 aromatic heterocycles. The first-order chi connectivity index (χ1) is 10.1. The normalized spacial score (nSPS) is 11.6. The molecule has 1 amide bonds. The van der Waals surface area contributed by atoms with Crippen LogP contribution in [0.3, 0.4) is 0 Å². The van der Waals surface area contributed by atoms with Crippen molar-refractivity contribution in [3.8, 4) is 11.5 Å². The lowest BCUT2D eigenvalue weighted by atomic mass is 10.2. The highest BCUT2D eigenvalue weighted by atomic mass is 16.5. The number of para-hydroxylation sites is 1. The largest absolute Gasteiger partial charge is 0.495 e. The van der Waals surface area contributed by atoms with E-state index in [1.165, 1.54) is 0 Å². The van der Waals surface area contributed by atoms with Crippen LogP contribution in [0, 0.1) is 6.92 Å². The van der Waals surface area contributed by atoms with Crippen LogP contribution in [0.25, 0.3) is 0 Å². The second kappa shape index (κ2) is 6.79. The molecular formula is C17H19NO3. The van der Waals surface area contributed by atoms with Gasteiger partial charge in [0.1, 0.15) is 11.5 Å². The fourth-order valence-corrected chi connectivity index (χ4v) is 1.91. The number of amides is 1. The summed E-state index contributed by atoms with van der Waals surface area (Å²) in [5.41, 5.74) is 1.69. The van der Waals surface area contributed by atoms with Crippen molar-refractivity contribution in [2.75, 3.05) is 12.4 Å². The average molecular weight is 285 g/mol. The Morgan fingerprint density at radius 3 is 2.52 bits per heavy atom. The molecule has 2 rings (SSSR count). The van der Waals surface area contributed by atoms with E-state index in [0.717, 1.165) is 5.56 Å². The molecular weight excluding hydrogens is 266 g/mol. The van der Waals surface area contributed by atoms with E-state index in [1.54, 1.807) is 14.0 Å². The monoisotopic (exact) mass is 285 g/mol. The van der Waals surface area contributed by atoms with Gasteiger partial charge in [0.05, 0.1) is 12.8 Å². The third-order valence-electron chi connectivity index (χ3n) is 3.04. The Labute approximate surface area is 124 Å². The molecule has 4 nitrogen and oxygen atoms in total. The fraction of sp³-hybridized carbons (Fsp3) is 0.235. The van der Waals surface area contributed by atoms with Crippen LogP contribution in [0.4, 0.5) is 5.69 Å². The minimum Gasteiger partial charge on any atom is -0.495 e. The summed E-state index contributed by atoms with van der Waals surface area (Å²) in [6, 6.07) is 14.9. The first-order valence-electron chi connectivity index (χ1n) is 6.77. The van der Waals surface area contributed by atoms with Crippen molar-refractivity contribution in [3.05, 3.63) is 54.1 Å². The van der Waals surface area contributed by atoms with Gasteiger partial charge in [-0.25, -0.2) is 0 Å². The Morgan fingerprint density at radius 1 is 1.14 bits per heavy atom. The van der Waals surface area contributed by atoms with Gasteiger partial charge < -0.3 is 14.8 Å². The zero-order valence-electron chi connectivity index (χ0n) is 12.4. The lowest BCUT2D eigenvalue weighted by Crippen LogP contribution is -2.30. The number of rotatable bonds is 5. The maximum atomic E-state index is 12.2. The smallest absolute Gasteiger partial charge is 0.265 e. The van der Waals surface area contributed by atoms with E-state index in [4.69, 9.17) is 9.47 Å². The number of hydrogen-bond donors (Lipinski definition) is 1. The lowest BCUT2D eigenvalue weighted by Gasteiger charge is -2.16. The van der Waals surface area contributed by atoms with Gasteiger partial charge in [-0.2, -0.15) is 0 Å². The molecule has 0 heterocycles. The molecule has 0 radical (unpaired) electrons. The second-order valence-electron chi connectivity index (χ2n) is 4.77. The van der Waals surface area contributed by atoms with Crippen LogP contribution in [0.15, 0.2) is 48.5 Å². The lowest BCUT2D eigenvalue weighted by molar-refractivity contribution is -0.122. The van der Waals surface area contributed by atoms with Gasteiger partial charge in [-0.3, -0.25) is 4.79 Å². The number of benzene rings is 2. The predicted octanol–water partition coefficient (Wildman–Crippen LogP) is 3.41. The summed E-state index contributed by atoms with van der Waals surface area (Å²) in [6.45, 7) is 3.67. The molecule has 0 bridgehead atoms. The maximum absolute atomic E-state index is 12.2. The third kappa shape index (κ3) is 3.99. The molecule has 0 spiro atoms. The summed E-state index contributed by atoms with van der Waals surface area (Å²) in [4.78, 5) is 12.2. The predicted molar refractivity (Wildman–Crippen MR) is 82.9 cm³/mol. The number of carbonyl (C=O) groups excluding carboxylic acids is 1. The van der Waals surface area contributed by atoms with Gasteiger partial charge in [-0.1, -0.05) is 24.3 Å². The number of methoxy groups -OCH3 is 1. The summed E-state index contributed by atoms with van der Waals surface area (Å²) in [6.07, 6.45) is -0.599. The summed E-state index contributed by atoms with van der Waals surface area (Å²) in [5, 5.41) is 2.83. The highest BCUT2D eigenvalue weighted by Gasteiger charge is 2.16. The zero-order chi connectivity index (χ0) is 15.2. The van der Waals surface area contributed by atoms with Crippen molar-refractivity contribution in [1.82, 2.24) is 0 Å². The summed E-state index contributed by atoms with van der Waals surface area (Å²) in [5.74, 6) is 1.07. The minimum absolute atomic E-state index is 0.220. The van der Waals surface area contributed by atoms with Crippen molar-refractivity contribution in [3.63, 3.8) is 0 Å². The Hall–Kier alpha value is -2.49. The van der Waals surface area contributed by atoms with Gasteiger partial charge in [0.15, 0.2) is 6.10 Å². The molecule has 0 aliphatic rings. The van der Waals surface area contributed by atoms with Crippen LogP contribution in [0.5, 0.6) is 11.5 Å². The SMILES string of the molecule is COc1ccc(C)cc1NC(=O)[C@H](C)Oc1ccccc1. The van der Waals surface area contributed by atoms with E-state index in [0.29, 0.717) is 17.2 Å². The molecule has 0 fully saturated rings. The van der Waals surface area contributed by atoms with Gasteiger partial charge in [-0.05, 0) is 43.7 Å². The van der Waals surface area contributed by atoms with Crippen molar-refractivity contribution >= 4 is 11.6 Å². The number of aryl methyl sites for hydroxylation is 1. The van der Waals surface area contributed by atoms with Gasteiger partial charge in [0.2, 0.25) is 0 Å². The van der Waals surface area contributed by atoms with E-state index < -0.39 is 6.10 Å². The van der Waals surface area contributed by atoms with E-state index in [1.807, 2.05) is 55.5 Å². The molecule has 1 N–H and O–H groups in total. The zero-order valence-corrected chi connectivity index (χ0v) is 12.4. The first kappa shape index (κ1) is 14.9. The third-order valence-corrected chi connectivity index (χ3v) is 3.04. The summed E-state index contributed by atoms with van der Waals surface area (Å²) in [7, 11) is 1.57. The van der Waals surface area contributed by atoms with Crippen LogP contribution in [0.2, 0.25) is 0 Å². The second-order valence-corrected chi connectivity index (χ2v) is 4.77. The van der Waals surface area contributed by atoms with Gasteiger partial charge >= 0.3 is 0 Å². The standard InChI is InChI=1S/C17H19NO3/c1-12-9-10-16(20-3)15(11-12)18-17(19)13(2)21-14-7-5-4-6-8-14/h4-11,13H,1-3H3,(H,18,19)/t13-/m0/s1. The van der Waals surface area contributed by atoms with Gasteiger partial charge in [0, 0.05) is 0 Å². The highest BCUT2D eigenvalue weighted by molar-refractivity contribution is 5.95. The molecule has 110 valence electrons. The Balaban J connectivity index is 2.05. The first-order valence-corrected chi connectivity index (χ1v) is 6.77. The quantitative estimate of drug-likeness (QED) is 0.915. The van der Waals surface area contributed by atoms with Crippen LogP contribution >= 0.6 is 0 Å². The van der Waals surface area contributed by atoms with Gasteiger partial charge in [0.25, 0.3) is 5.91 Å². The van der Waals surface area contributed by atoms with Crippen molar-refractivity contribution in [1.29, 1.82) is 0 Å². The van der Waals surface area contributed by atoms with Gasteiger partial charge in [-0.15, -0.1) is 0 Å². The Morgan fingerprint density at radius 2 is 1.86 bits per heavy atom. The van der Waals surface area contributed by atoms with Crippen molar-refractivity contribution in [2.45, 2.75) is 20.0 Å². The van der Waals surface area contributed by atoms with E-state index in [-0.39, 0.29) is 5.91 Å². The molecule has 2 aromatic carbocycles. The maximum Gasteiger partial charge on any atom is 0.265 e. The number of carbonyl (C=O) groups is 1. The number of hydrogen-bond acceptors (Lipinski definition) is 3. The Kier molecular flexibility index (Phi) is 4.82. The topological polar surface area (TPSA) is 47.6 Å². The molecule has 21 heavy (non-hydrogen) atoms. The molecule has 4 heteroatoms. The summed E-state index contributed by atoms with van der Waals surface area (Å²) < 4.78 is 10.8. The van der Waals surface area contributed by atoms with Crippen molar-refractivity contribution < 1.29 is 14.3 Å². The number of ether oxygens (including phenoxy) is 2. The van der Waals surface area contributed by atoms with E-state index >= 15 is 0 Å². The van der Waals surface area contributed by atoms with E-state index in [2.05, 4.69) is 5.32 Å². The number of nitrogens with one attached hydrogen (secondary N) is 1. The molecule has 0 saturated carbocycles. The van der Waals surface area contributed by atoms with Crippen LogP contribution in [-0.4, -0.2) is 19.1 Å². The van der Waals surface area contributed by atoms with E-state index in [9.17, 15) is 4.79 Å². The minimum atomic E-state index is -0.599. The van der Waals surface area contributed by atoms with Crippen LogP contribution in [-0.2, 0) is 4.79 Å². The summed E-state index contributed by atoms with van der Waals surface area (Å²) >= 11 is 0. The Bertz CT molecular complexity index is 611. The molecule has 0 unspecified atom stereocenters. The molecule has 0 aliphatic heterocycles. The molecule has 0 saturated heterocycles. The fourth-order valence-electron chi connectivity index (χ4n) is 1.91. The molecule has 1 atom stereocenters. The van der Waals surface area contributed by atoms with Crippen LogP contribution in [0.1, 0.15) is 12.5 Å². The van der Waals surface area contributed by atoms with Crippen molar-refractivity contribution in [2.24, 2.45) is 0 Å². The molecule has 0 aliphatic carbocycles.